The minimum absolute atomic E-state index is 0.270. The van der Waals surface area contributed by atoms with E-state index in [-0.39, 0.29) is 5.82 Å². The lowest BCUT2D eigenvalue weighted by molar-refractivity contribution is 0.100. The summed E-state index contributed by atoms with van der Waals surface area (Å²) < 4.78 is 21.0. The van der Waals surface area contributed by atoms with Crippen LogP contribution in [0.15, 0.2) is 6.07 Å². The fourth-order valence-corrected chi connectivity index (χ4v) is 8.08. The van der Waals surface area contributed by atoms with Crippen molar-refractivity contribution in [3.63, 3.8) is 0 Å². The molecular formula is C29H49FO2Si. The number of rotatable bonds is 9. The third-order valence-corrected chi connectivity index (χ3v) is 10.7. The maximum atomic E-state index is 15.3. The molecule has 0 aromatic heterocycles. The molecule has 2 fully saturated rings. The maximum Gasteiger partial charge on any atom is 0.168 e. The topological polar surface area (TPSA) is 29.5 Å². The van der Waals surface area contributed by atoms with Gasteiger partial charge in [0.25, 0.3) is 0 Å². The summed E-state index contributed by atoms with van der Waals surface area (Å²) in [6.07, 6.45) is 13.8. The SMILES string of the molecule is CCCC1CCC(C2CCC(CC(O)c3cc([Si](C)(C)C)c(OCC)c(F)c3C)CC2)CC1. The molecular weight excluding hydrogens is 427 g/mol. The van der Waals surface area contributed by atoms with Crippen molar-refractivity contribution in [3.05, 3.63) is 23.0 Å². The summed E-state index contributed by atoms with van der Waals surface area (Å²) in [4.78, 5) is 0. The van der Waals surface area contributed by atoms with E-state index in [9.17, 15) is 5.11 Å². The highest BCUT2D eigenvalue weighted by Crippen LogP contribution is 2.44. The van der Waals surface area contributed by atoms with Gasteiger partial charge in [-0.3, -0.25) is 0 Å². The van der Waals surface area contributed by atoms with Crippen LogP contribution in [-0.4, -0.2) is 19.8 Å². The van der Waals surface area contributed by atoms with Crippen LogP contribution in [0, 0.1) is 36.4 Å². The van der Waals surface area contributed by atoms with Crippen LogP contribution in [0.25, 0.3) is 0 Å². The molecule has 2 aliphatic rings. The molecule has 3 rings (SSSR count). The highest BCUT2D eigenvalue weighted by Gasteiger charge is 2.33. The highest BCUT2D eigenvalue weighted by atomic mass is 28.3. The van der Waals surface area contributed by atoms with Crippen molar-refractivity contribution in [2.45, 2.75) is 117 Å². The van der Waals surface area contributed by atoms with Crippen LogP contribution in [0.2, 0.25) is 19.6 Å². The molecule has 0 spiro atoms. The molecule has 0 amide bonds. The van der Waals surface area contributed by atoms with E-state index in [1.807, 2.05) is 6.92 Å². The highest BCUT2D eigenvalue weighted by molar-refractivity contribution is 6.89. The average molecular weight is 477 g/mol. The van der Waals surface area contributed by atoms with Gasteiger partial charge in [-0.15, -0.1) is 0 Å². The smallest absolute Gasteiger partial charge is 0.168 e. The van der Waals surface area contributed by atoms with E-state index in [1.165, 1.54) is 64.2 Å². The Morgan fingerprint density at radius 3 is 2.00 bits per heavy atom. The van der Waals surface area contributed by atoms with Crippen molar-refractivity contribution in [2.24, 2.45) is 23.7 Å². The molecule has 1 N–H and O–H groups in total. The monoisotopic (exact) mass is 476 g/mol. The molecule has 2 nitrogen and oxygen atoms in total. The van der Waals surface area contributed by atoms with Crippen LogP contribution >= 0.6 is 0 Å². The Balaban J connectivity index is 1.61. The van der Waals surface area contributed by atoms with E-state index in [2.05, 4.69) is 32.6 Å². The van der Waals surface area contributed by atoms with Crippen LogP contribution in [0.5, 0.6) is 5.75 Å². The summed E-state index contributed by atoms with van der Waals surface area (Å²) >= 11 is 0. The molecule has 1 aromatic carbocycles. The molecule has 1 atom stereocenters. The second-order valence-electron chi connectivity index (χ2n) is 12.1. The number of halogens is 1. The molecule has 0 aliphatic heterocycles. The average Bonchev–Trinajstić information content (AvgIpc) is 2.77. The van der Waals surface area contributed by atoms with Crippen molar-refractivity contribution in [2.75, 3.05) is 6.61 Å². The van der Waals surface area contributed by atoms with Crippen LogP contribution in [0.3, 0.4) is 0 Å². The van der Waals surface area contributed by atoms with Crippen molar-refractivity contribution >= 4 is 13.3 Å². The first-order chi connectivity index (χ1) is 15.7. The molecule has 2 aliphatic carbocycles. The maximum absolute atomic E-state index is 15.3. The molecule has 0 bridgehead atoms. The minimum Gasteiger partial charge on any atom is -0.491 e. The van der Waals surface area contributed by atoms with Crippen LogP contribution in [0.4, 0.5) is 4.39 Å². The lowest BCUT2D eigenvalue weighted by Gasteiger charge is -2.38. The summed E-state index contributed by atoms with van der Waals surface area (Å²) in [5, 5.41) is 12.2. The lowest BCUT2D eigenvalue weighted by Crippen LogP contribution is -2.40. The van der Waals surface area contributed by atoms with Gasteiger partial charge in [0, 0.05) is 0 Å². The molecule has 1 unspecified atom stereocenters. The van der Waals surface area contributed by atoms with E-state index in [1.54, 1.807) is 6.92 Å². The Morgan fingerprint density at radius 1 is 0.970 bits per heavy atom. The van der Waals surface area contributed by atoms with Gasteiger partial charge in [-0.1, -0.05) is 71.2 Å². The normalized spacial score (nSPS) is 27.4. The first-order valence-electron chi connectivity index (χ1n) is 13.8. The zero-order chi connectivity index (χ0) is 24.2. The van der Waals surface area contributed by atoms with E-state index < -0.39 is 14.2 Å². The molecule has 0 heterocycles. The largest absolute Gasteiger partial charge is 0.491 e. The first kappa shape index (κ1) is 26.7. The third-order valence-electron chi connectivity index (χ3n) is 8.66. The number of benzene rings is 1. The van der Waals surface area contributed by atoms with Gasteiger partial charge in [-0.2, -0.15) is 0 Å². The third kappa shape index (κ3) is 6.63. The van der Waals surface area contributed by atoms with E-state index in [0.29, 0.717) is 23.8 Å². The number of hydrogen-bond acceptors (Lipinski definition) is 2. The van der Waals surface area contributed by atoms with Gasteiger partial charge in [0.1, 0.15) is 0 Å². The Labute approximate surface area is 203 Å². The Kier molecular flexibility index (Phi) is 9.48. The molecule has 4 heteroatoms. The summed E-state index contributed by atoms with van der Waals surface area (Å²) in [6, 6.07) is 2.07. The van der Waals surface area contributed by atoms with Crippen molar-refractivity contribution < 1.29 is 14.2 Å². The number of aliphatic hydroxyl groups excluding tert-OH is 1. The quantitative estimate of drug-likeness (QED) is 0.367. The Bertz CT molecular complexity index is 756. The molecule has 0 radical (unpaired) electrons. The standard InChI is InChI=1S/C29H49FO2Si/c1-7-9-21-10-14-23(15-11-21)24-16-12-22(13-17-24)18-26(31)25-19-27(33(4,5)6)29(32-8-2)28(30)20(25)3/h19,21-24,26,31H,7-18H2,1-6H3. The summed E-state index contributed by atoms with van der Waals surface area (Å²) in [6.45, 7) is 13.1. The predicted octanol–water partition coefficient (Wildman–Crippen LogP) is 7.91. The van der Waals surface area contributed by atoms with Gasteiger partial charge in [-0.25, -0.2) is 4.39 Å². The van der Waals surface area contributed by atoms with Gasteiger partial charge in [0.15, 0.2) is 11.6 Å². The fourth-order valence-electron chi connectivity index (χ4n) is 6.63. The van der Waals surface area contributed by atoms with Gasteiger partial charge < -0.3 is 9.84 Å². The molecule has 0 saturated heterocycles. The Hall–Kier alpha value is -0.873. The van der Waals surface area contributed by atoms with E-state index in [4.69, 9.17) is 4.74 Å². The Morgan fingerprint density at radius 2 is 1.52 bits per heavy atom. The predicted molar refractivity (Wildman–Crippen MR) is 141 cm³/mol. The van der Waals surface area contributed by atoms with Crippen molar-refractivity contribution in [1.29, 1.82) is 0 Å². The van der Waals surface area contributed by atoms with Crippen molar-refractivity contribution in [1.82, 2.24) is 0 Å². The summed E-state index contributed by atoms with van der Waals surface area (Å²) in [5.74, 6) is 3.51. The van der Waals surface area contributed by atoms with Gasteiger partial charge in [0.2, 0.25) is 0 Å². The van der Waals surface area contributed by atoms with Gasteiger partial charge in [0.05, 0.1) is 20.8 Å². The van der Waals surface area contributed by atoms with Crippen molar-refractivity contribution in [3.8, 4) is 5.75 Å². The second kappa shape index (κ2) is 11.7. The van der Waals surface area contributed by atoms with E-state index in [0.717, 1.165) is 34.9 Å². The van der Waals surface area contributed by atoms with E-state index >= 15 is 4.39 Å². The summed E-state index contributed by atoms with van der Waals surface area (Å²) in [5.41, 5.74) is 1.34. The lowest BCUT2D eigenvalue weighted by atomic mass is 9.68. The zero-order valence-electron chi connectivity index (χ0n) is 22.2. The molecule has 2 saturated carbocycles. The first-order valence-corrected chi connectivity index (χ1v) is 17.3. The zero-order valence-corrected chi connectivity index (χ0v) is 23.2. The van der Waals surface area contributed by atoms with Crippen LogP contribution < -0.4 is 9.92 Å². The molecule has 188 valence electrons. The number of hydrogen-bond donors (Lipinski definition) is 1. The number of ether oxygens (including phenoxy) is 1. The minimum atomic E-state index is -1.81. The number of aliphatic hydroxyl groups is 1. The second-order valence-corrected chi connectivity index (χ2v) is 17.1. The van der Waals surface area contributed by atoms with Crippen LogP contribution in [-0.2, 0) is 0 Å². The molecule has 1 aromatic rings. The molecule has 33 heavy (non-hydrogen) atoms. The van der Waals surface area contributed by atoms with Gasteiger partial charge in [-0.05, 0) is 85.9 Å². The van der Waals surface area contributed by atoms with Crippen LogP contribution in [0.1, 0.15) is 102 Å². The summed E-state index contributed by atoms with van der Waals surface area (Å²) in [7, 11) is -1.81. The fraction of sp³-hybridized carbons (Fsp3) is 0.793. The van der Waals surface area contributed by atoms with Gasteiger partial charge >= 0.3 is 0 Å².